The number of hydrogen-bond donors (Lipinski definition) is 3. The maximum absolute atomic E-state index is 13.3. The number of rotatable bonds is 9. The van der Waals surface area contributed by atoms with Crippen LogP contribution in [-0.2, 0) is 16.0 Å². The summed E-state index contributed by atoms with van der Waals surface area (Å²) >= 11 is 7.25. The predicted molar refractivity (Wildman–Crippen MR) is 147 cm³/mol. The van der Waals surface area contributed by atoms with Crippen LogP contribution >= 0.6 is 23.4 Å². The molecule has 0 aliphatic heterocycles. The van der Waals surface area contributed by atoms with Crippen molar-refractivity contribution in [3.05, 3.63) is 125 Å². The van der Waals surface area contributed by atoms with Gasteiger partial charge in [0.2, 0.25) is 11.8 Å². The second-order valence-electron chi connectivity index (χ2n) is 8.16. The molecular formula is C29H23ClN2O4S. The molecule has 0 spiro atoms. The molecule has 6 nitrogen and oxygen atoms in total. The zero-order chi connectivity index (χ0) is 26.2. The van der Waals surface area contributed by atoms with Crippen molar-refractivity contribution in [2.24, 2.45) is 0 Å². The van der Waals surface area contributed by atoms with Crippen LogP contribution < -0.4 is 10.6 Å². The Bertz CT molecular complexity index is 1410. The second kappa shape index (κ2) is 12.3. The number of carbonyl (C=O) groups excluding carboxylic acids is 2. The number of benzene rings is 4. The lowest BCUT2D eigenvalue weighted by Gasteiger charge is -2.18. The van der Waals surface area contributed by atoms with Crippen molar-refractivity contribution in [1.29, 1.82) is 0 Å². The van der Waals surface area contributed by atoms with Gasteiger partial charge in [-0.1, -0.05) is 66.2 Å². The first-order chi connectivity index (χ1) is 17.9. The molecule has 1 atom stereocenters. The zero-order valence-corrected chi connectivity index (χ0v) is 21.1. The van der Waals surface area contributed by atoms with Crippen LogP contribution in [0.5, 0.6) is 0 Å². The van der Waals surface area contributed by atoms with Gasteiger partial charge in [0.25, 0.3) is 0 Å². The fourth-order valence-electron chi connectivity index (χ4n) is 3.61. The number of halogens is 1. The number of aromatic carboxylic acids is 1. The molecule has 0 bridgehead atoms. The van der Waals surface area contributed by atoms with Gasteiger partial charge in [0.05, 0.1) is 12.0 Å². The third-order valence-corrected chi connectivity index (χ3v) is 6.87. The van der Waals surface area contributed by atoms with E-state index in [1.165, 1.54) is 23.9 Å². The molecular weight excluding hydrogens is 508 g/mol. The summed E-state index contributed by atoms with van der Waals surface area (Å²) in [7, 11) is 0. The molecule has 0 aromatic heterocycles. The molecule has 0 heterocycles. The topological polar surface area (TPSA) is 95.5 Å². The second-order valence-corrected chi connectivity index (χ2v) is 9.78. The molecule has 3 N–H and O–H groups in total. The fourth-order valence-corrected chi connectivity index (χ4v) is 4.82. The van der Waals surface area contributed by atoms with Gasteiger partial charge in [-0.2, -0.15) is 0 Å². The molecule has 0 aliphatic carbocycles. The van der Waals surface area contributed by atoms with Crippen molar-refractivity contribution in [2.45, 2.75) is 16.6 Å². The van der Waals surface area contributed by atoms with Crippen LogP contribution in [0.25, 0.3) is 0 Å². The summed E-state index contributed by atoms with van der Waals surface area (Å²) in [5.74, 6) is -1.53. The van der Waals surface area contributed by atoms with Crippen LogP contribution in [-0.4, -0.2) is 22.9 Å². The van der Waals surface area contributed by atoms with Gasteiger partial charge >= 0.3 is 5.97 Å². The van der Waals surface area contributed by atoms with Crippen molar-refractivity contribution in [2.75, 3.05) is 10.6 Å². The highest BCUT2D eigenvalue weighted by Crippen LogP contribution is 2.37. The lowest BCUT2D eigenvalue weighted by Crippen LogP contribution is -2.19. The molecule has 1 unspecified atom stereocenters. The third-order valence-electron chi connectivity index (χ3n) is 5.37. The Kier molecular flexibility index (Phi) is 8.61. The molecule has 8 heteroatoms. The molecule has 4 aromatic carbocycles. The Labute approximate surface area is 223 Å². The Morgan fingerprint density at radius 1 is 0.784 bits per heavy atom. The van der Waals surface area contributed by atoms with Crippen LogP contribution in [0.15, 0.2) is 108 Å². The largest absolute Gasteiger partial charge is 0.478 e. The van der Waals surface area contributed by atoms with Crippen LogP contribution in [0.1, 0.15) is 26.7 Å². The molecule has 4 rings (SSSR count). The number of nitrogens with one attached hydrogen (secondary N) is 2. The van der Waals surface area contributed by atoms with Crippen molar-refractivity contribution < 1.29 is 19.5 Å². The number of carbonyl (C=O) groups is 3. The Balaban J connectivity index is 1.50. The van der Waals surface area contributed by atoms with Gasteiger partial charge in [-0.15, -0.1) is 11.8 Å². The highest BCUT2D eigenvalue weighted by molar-refractivity contribution is 8.00. The summed E-state index contributed by atoms with van der Waals surface area (Å²) in [6.07, 6.45) is 0.207. The van der Waals surface area contributed by atoms with Gasteiger partial charge in [0.1, 0.15) is 5.25 Å². The first-order valence-electron chi connectivity index (χ1n) is 11.4. The minimum atomic E-state index is -1.07. The SMILES string of the molecule is O=C(Cc1ccc(Cl)cc1)Nc1cccc(SC(C(=O)Nc2cccc(C(=O)O)c2)c2ccccc2)c1. The van der Waals surface area contributed by atoms with E-state index in [1.807, 2.05) is 60.7 Å². The van der Waals surface area contributed by atoms with E-state index in [9.17, 15) is 19.5 Å². The first-order valence-corrected chi connectivity index (χ1v) is 12.6. The smallest absolute Gasteiger partial charge is 0.335 e. The van der Waals surface area contributed by atoms with Gasteiger partial charge in [0.15, 0.2) is 0 Å². The van der Waals surface area contributed by atoms with E-state index in [2.05, 4.69) is 10.6 Å². The number of amides is 2. The highest BCUT2D eigenvalue weighted by Gasteiger charge is 2.23. The highest BCUT2D eigenvalue weighted by atomic mass is 35.5. The van der Waals surface area contributed by atoms with Gasteiger partial charge in [-0.05, 0) is 59.7 Å². The summed E-state index contributed by atoms with van der Waals surface area (Å²) in [5.41, 5.74) is 2.74. The molecule has 186 valence electrons. The van der Waals surface area contributed by atoms with E-state index in [0.29, 0.717) is 16.4 Å². The fraction of sp³-hybridized carbons (Fsp3) is 0.0690. The summed E-state index contributed by atoms with van der Waals surface area (Å²) in [4.78, 5) is 38.0. The van der Waals surface area contributed by atoms with Gasteiger partial charge in [-0.3, -0.25) is 9.59 Å². The van der Waals surface area contributed by atoms with Crippen molar-refractivity contribution in [3.63, 3.8) is 0 Å². The molecule has 0 fully saturated rings. The lowest BCUT2D eigenvalue weighted by molar-refractivity contribution is -0.116. The van der Waals surface area contributed by atoms with Crippen LogP contribution in [0, 0.1) is 0 Å². The normalized spacial score (nSPS) is 11.4. The van der Waals surface area contributed by atoms with Crippen molar-refractivity contribution in [3.8, 4) is 0 Å². The maximum Gasteiger partial charge on any atom is 0.335 e. The minimum Gasteiger partial charge on any atom is -0.478 e. The van der Waals surface area contributed by atoms with Crippen molar-refractivity contribution in [1.82, 2.24) is 0 Å². The average molecular weight is 531 g/mol. The summed E-state index contributed by atoms with van der Waals surface area (Å²) < 4.78 is 0. The number of anilines is 2. The van der Waals surface area contributed by atoms with E-state index in [0.717, 1.165) is 16.0 Å². The molecule has 0 saturated heterocycles. The van der Waals surface area contributed by atoms with Crippen LogP contribution in [0.4, 0.5) is 11.4 Å². The van der Waals surface area contributed by atoms with E-state index in [1.54, 1.807) is 30.3 Å². The monoisotopic (exact) mass is 530 g/mol. The maximum atomic E-state index is 13.3. The third kappa shape index (κ3) is 7.46. The molecule has 2 amide bonds. The van der Waals surface area contributed by atoms with Gasteiger partial charge in [-0.25, -0.2) is 4.79 Å². The Morgan fingerprint density at radius 2 is 1.46 bits per heavy atom. The molecule has 0 aliphatic rings. The van der Waals surface area contributed by atoms with Gasteiger partial charge in [0, 0.05) is 21.3 Å². The van der Waals surface area contributed by atoms with Crippen molar-refractivity contribution >= 4 is 52.5 Å². The number of hydrogen-bond acceptors (Lipinski definition) is 4. The Morgan fingerprint density at radius 3 is 2.16 bits per heavy atom. The van der Waals surface area contributed by atoms with Gasteiger partial charge < -0.3 is 15.7 Å². The standard InChI is InChI=1S/C29H23ClN2O4S/c30-22-14-12-19(13-15-22)16-26(33)31-24-10-5-11-25(18-24)37-27(20-6-2-1-3-7-20)28(34)32-23-9-4-8-21(17-23)29(35)36/h1-15,17-18,27H,16H2,(H,31,33)(H,32,34)(H,35,36). The predicted octanol–water partition coefficient (Wildman–Crippen LogP) is 6.69. The molecule has 0 saturated carbocycles. The number of thioether (sulfide) groups is 1. The molecule has 4 aromatic rings. The minimum absolute atomic E-state index is 0.0868. The summed E-state index contributed by atoms with van der Waals surface area (Å²) in [6, 6.07) is 29.8. The quantitative estimate of drug-likeness (QED) is 0.209. The lowest BCUT2D eigenvalue weighted by atomic mass is 10.1. The number of carboxylic acid groups (broad SMARTS) is 1. The van der Waals surface area contributed by atoms with E-state index < -0.39 is 11.2 Å². The van der Waals surface area contributed by atoms with E-state index in [4.69, 9.17) is 11.6 Å². The van der Waals surface area contributed by atoms with E-state index in [-0.39, 0.29) is 23.8 Å². The summed E-state index contributed by atoms with van der Waals surface area (Å²) in [6.45, 7) is 0. The molecule has 37 heavy (non-hydrogen) atoms. The van der Waals surface area contributed by atoms with Crippen LogP contribution in [0.2, 0.25) is 5.02 Å². The number of carboxylic acids is 1. The molecule has 0 radical (unpaired) electrons. The average Bonchev–Trinajstić information content (AvgIpc) is 2.89. The van der Waals surface area contributed by atoms with Crippen LogP contribution in [0.3, 0.4) is 0 Å². The summed E-state index contributed by atoms with van der Waals surface area (Å²) in [5, 5.41) is 15.0. The van der Waals surface area contributed by atoms with E-state index >= 15 is 0 Å². The Hall–Kier alpha value is -4.07. The zero-order valence-electron chi connectivity index (χ0n) is 19.6. The first kappa shape index (κ1) is 26.0.